The van der Waals surface area contributed by atoms with E-state index in [2.05, 4.69) is 24.1 Å². The van der Waals surface area contributed by atoms with E-state index in [1.54, 1.807) is 6.20 Å². The highest BCUT2D eigenvalue weighted by molar-refractivity contribution is 5.54. The molecule has 21 heavy (non-hydrogen) atoms. The van der Waals surface area contributed by atoms with E-state index < -0.39 is 0 Å². The lowest BCUT2D eigenvalue weighted by Gasteiger charge is -2.00. The summed E-state index contributed by atoms with van der Waals surface area (Å²) in [6, 6.07) is 5.94. The van der Waals surface area contributed by atoms with Crippen LogP contribution in [-0.2, 0) is 0 Å². The molecule has 114 valence electrons. The van der Waals surface area contributed by atoms with E-state index in [9.17, 15) is 0 Å². The highest BCUT2D eigenvalue weighted by Gasteiger charge is 1.96. The van der Waals surface area contributed by atoms with Gasteiger partial charge in [-0.25, -0.2) is 4.98 Å². The fourth-order valence-corrected chi connectivity index (χ4v) is 2.43. The summed E-state index contributed by atoms with van der Waals surface area (Å²) >= 11 is 0. The van der Waals surface area contributed by atoms with Gasteiger partial charge in [0.05, 0.1) is 0 Å². The third kappa shape index (κ3) is 8.30. The van der Waals surface area contributed by atoms with Crippen molar-refractivity contribution >= 4 is 6.08 Å². The standard InChI is InChI=1S/C19H28N2/c1-2-3-4-5-6-7-8-9-10-11-12-14-18-15-13-16-21-19(18)17-20/h12-16H,2-11H2,1H3. The van der Waals surface area contributed by atoms with Crippen LogP contribution in [0.1, 0.15) is 82.4 Å². The van der Waals surface area contributed by atoms with Crippen LogP contribution in [0.2, 0.25) is 0 Å². The lowest BCUT2D eigenvalue weighted by atomic mass is 10.1. The topological polar surface area (TPSA) is 36.7 Å². The maximum atomic E-state index is 8.95. The molecule has 0 radical (unpaired) electrons. The average Bonchev–Trinajstić information content (AvgIpc) is 2.53. The van der Waals surface area contributed by atoms with Crippen LogP contribution in [0, 0.1) is 11.3 Å². The number of nitriles is 1. The van der Waals surface area contributed by atoms with Crippen molar-refractivity contribution in [1.29, 1.82) is 5.26 Å². The van der Waals surface area contributed by atoms with Gasteiger partial charge in [-0.05, 0) is 18.9 Å². The maximum Gasteiger partial charge on any atom is 0.147 e. The third-order valence-electron chi connectivity index (χ3n) is 3.72. The molecule has 0 N–H and O–H groups in total. The first-order chi connectivity index (χ1) is 10.4. The average molecular weight is 284 g/mol. The summed E-state index contributed by atoms with van der Waals surface area (Å²) in [7, 11) is 0. The Morgan fingerprint density at radius 1 is 1.05 bits per heavy atom. The van der Waals surface area contributed by atoms with Gasteiger partial charge in [0, 0.05) is 11.8 Å². The maximum absolute atomic E-state index is 8.95. The SMILES string of the molecule is CCCCCCCCCCCC=Cc1cccnc1C#N. The number of allylic oxidation sites excluding steroid dienone is 1. The molecule has 1 heterocycles. The fourth-order valence-electron chi connectivity index (χ4n) is 2.43. The van der Waals surface area contributed by atoms with E-state index in [0.29, 0.717) is 5.69 Å². The summed E-state index contributed by atoms with van der Waals surface area (Å²) in [4.78, 5) is 4.05. The molecule has 0 aliphatic rings. The van der Waals surface area contributed by atoms with Gasteiger partial charge in [-0.2, -0.15) is 5.26 Å². The van der Waals surface area contributed by atoms with Crippen LogP contribution in [0.15, 0.2) is 24.4 Å². The first-order valence-electron chi connectivity index (χ1n) is 8.40. The Morgan fingerprint density at radius 2 is 1.71 bits per heavy atom. The molecule has 0 saturated carbocycles. The Labute approximate surface area is 129 Å². The molecular formula is C19H28N2. The minimum atomic E-state index is 0.515. The summed E-state index contributed by atoms with van der Waals surface area (Å²) in [5.74, 6) is 0. The lowest BCUT2D eigenvalue weighted by Crippen LogP contribution is -1.85. The summed E-state index contributed by atoms with van der Waals surface area (Å²) in [6.45, 7) is 2.26. The second kappa shape index (κ2) is 12.1. The molecule has 0 fully saturated rings. The minimum Gasteiger partial charge on any atom is -0.245 e. The summed E-state index contributed by atoms with van der Waals surface area (Å²) in [6.07, 6.45) is 19.2. The molecule has 2 nitrogen and oxygen atoms in total. The quantitative estimate of drug-likeness (QED) is 0.475. The zero-order valence-corrected chi connectivity index (χ0v) is 13.4. The predicted octanol–water partition coefficient (Wildman–Crippen LogP) is 5.89. The number of hydrogen-bond acceptors (Lipinski definition) is 2. The van der Waals surface area contributed by atoms with Crippen LogP contribution in [0.5, 0.6) is 0 Å². The molecule has 2 heteroatoms. The molecule has 0 atom stereocenters. The zero-order chi connectivity index (χ0) is 15.2. The second-order valence-electron chi connectivity index (χ2n) is 5.57. The highest BCUT2D eigenvalue weighted by atomic mass is 14.7. The van der Waals surface area contributed by atoms with Gasteiger partial charge in [0.2, 0.25) is 0 Å². The summed E-state index contributed by atoms with van der Waals surface area (Å²) < 4.78 is 0. The number of hydrogen-bond donors (Lipinski definition) is 0. The summed E-state index contributed by atoms with van der Waals surface area (Å²) in [5, 5.41) is 8.95. The Hall–Kier alpha value is -1.62. The molecule has 0 saturated heterocycles. The Morgan fingerprint density at radius 3 is 2.38 bits per heavy atom. The van der Waals surface area contributed by atoms with E-state index >= 15 is 0 Å². The van der Waals surface area contributed by atoms with Crippen molar-refractivity contribution in [3.63, 3.8) is 0 Å². The van der Waals surface area contributed by atoms with Crippen LogP contribution < -0.4 is 0 Å². The van der Waals surface area contributed by atoms with E-state index in [-0.39, 0.29) is 0 Å². The Kier molecular flexibility index (Phi) is 10.1. The highest BCUT2D eigenvalue weighted by Crippen LogP contribution is 2.12. The smallest absolute Gasteiger partial charge is 0.147 e. The zero-order valence-electron chi connectivity index (χ0n) is 13.4. The fraction of sp³-hybridized carbons (Fsp3) is 0.579. The van der Waals surface area contributed by atoms with E-state index in [0.717, 1.165) is 12.0 Å². The molecule has 0 unspecified atom stereocenters. The van der Waals surface area contributed by atoms with Gasteiger partial charge in [-0.15, -0.1) is 0 Å². The van der Waals surface area contributed by atoms with Crippen LogP contribution >= 0.6 is 0 Å². The van der Waals surface area contributed by atoms with Crippen molar-refractivity contribution in [2.45, 2.75) is 71.1 Å². The monoisotopic (exact) mass is 284 g/mol. The van der Waals surface area contributed by atoms with Crippen LogP contribution in [0.25, 0.3) is 6.08 Å². The van der Waals surface area contributed by atoms with E-state index in [1.807, 2.05) is 18.2 Å². The molecule has 1 aromatic heterocycles. The van der Waals surface area contributed by atoms with Crippen LogP contribution in [0.3, 0.4) is 0 Å². The molecule has 0 bridgehead atoms. The van der Waals surface area contributed by atoms with Gasteiger partial charge < -0.3 is 0 Å². The van der Waals surface area contributed by atoms with Crippen molar-refractivity contribution in [3.05, 3.63) is 35.7 Å². The molecule has 0 aliphatic carbocycles. The Bertz CT molecular complexity index is 443. The molecular weight excluding hydrogens is 256 g/mol. The van der Waals surface area contributed by atoms with Gasteiger partial charge in [0.25, 0.3) is 0 Å². The molecule has 1 rings (SSSR count). The van der Waals surface area contributed by atoms with E-state index in [1.165, 1.54) is 57.8 Å². The lowest BCUT2D eigenvalue weighted by molar-refractivity contribution is 0.566. The third-order valence-corrected chi connectivity index (χ3v) is 3.72. The predicted molar refractivity (Wildman–Crippen MR) is 89.8 cm³/mol. The molecule has 0 amide bonds. The van der Waals surface area contributed by atoms with Crippen molar-refractivity contribution in [2.75, 3.05) is 0 Å². The molecule has 0 aromatic carbocycles. The van der Waals surface area contributed by atoms with Crippen molar-refractivity contribution in [2.24, 2.45) is 0 Å². The molecule has 0 aliphatic heterocycles. The first kappa shape index (κ1) is 17.4. The number of pyridine rings is 1. The van der Waals surface area contributed by atoms with Gasteiger partial charge in [-0.3, -0.25) is 0 Å². The normalized spacial score (nSPS) is 10.9. The van der Waals surface area contributed by atoms with Crippen molar-refractivity contribution < 1.29 is 0 Å². The van der Waals surface area contributed by atoms with Gasteiger partial charge in [0.1, 0.15) is 11.8 Å². The first-order valence-corrected chi connectivity index (χ1v) is 8.40. The van der Waals surface area contributed by atoms with Gasteiger partial charge in [0.15, 0.2) is 0 Å². The molecule has 1 aromatic rings. The number of aromatic nitrogens is 1. The number of rotatable bonds is 11. The van der Waals surface area contributed by atoms with Gasteiger partial charge >= 0.3 is 0 Å². The van der Waals surface area contributed by atoms with Gasteiger partial charge in [-0.1, -0.05) is 76.5 Å². The van der Waals surface area contributed by atoms with Crippen LogP contribution in [0.4, 0.5) is 0 Å². The molecule has 0 spiro atoms. The number of unbranched alkanes of at least 4 members (excludes halogenated alkanes) is 9. The number of nitrogens with zero attached hydrogens (tertiary/aromatic N) is 2. The van der Waals surface area contributed by atoms with Crippen LogP contribution in [-0.4, -0.2) is 4.98 Å². The Balaban J connectivity index is 2.04. The van der Waals surface area contributed by atoms with Crippen molar-refractivity contribution in [1.82, 2.24) is 4.98 Å². The van der Waals surface area contributed by atoms with Crippen molar-refractivity contribution in [3.8, 4) is 6.07 Å². The largest absolute Gasteiger partial charge is 0.245 e. The van der Waals surface area contributed by atoms with E-state index in [4.69, 9.17) is 5.26 Å². The second-order valence-corrected chi connectivity index (χ2v) is 5.57. The summed E-state index contributed by atoms with van der Waals surface area (Å²) in [5.41, 5.74) is 1.44. The minimum absolute atomic E-state index is 0.515.